The maximum Gasteiger partial charge on any atom is 0.416 e. The monoisotopic (exact) mass is 464 g/mol. The van der Waals surface area contributed by atoms with Crippen LogP contribution in [0, 0.1) is 0 Å². The molecule has 11 heteroatoms. The van der Waals surface area contributed by atoms with Gasteiger partial charge in [-0.25, -0.2) is 9.48 Å². The van der Waals surface area contributed by atoms with Crippen molar-refractivity contribution in [1.82, 2.24) is 19.7 Å². The van der Waals surface area contributed by atoms with E-state index in [1.807, 2.05) is 0 Å². The number of thiophene rings is 1. The third-order valence-electron chi connectivity index (χ3n) is 4.98. The van der Waals surface area contributed by atoms with Crippen molar-refractivity contribution >= 4 is 23.2 Å². The summed E-state index contributed by atoms with van der Waals surface area (Å²) < 4.78 is 45.8. The molecule has 1 aliphatic heterocycles. The van der Waals surface area contributed by atoms with Gasteiger partial charge in [0.05, 0.1) is 16.1 Å². The van der Waals surface area contributed by atoms with Gasteiger partial charge < -0.3 is 9.64 Å². The molecule has 0 unspecified atom stereocenters. The SMILES string of the molecule is O=C(OCC(=O)N1CCCCC1)c1nc(-c2cccs2)n(-c2cccc(C(F)(F)F)c2)n1. The average molecular weight is 464 g/mol. The van der Waals surface area contributed by atoms with Crippen LogP contribution in [0.2, 0.25) is 0 Å². The van der Waals surface area contributed by atoms with Crippen molar-refractivity contribution in [3.63, 3.8) is 0 Å². The first kappa shape index (κ1) is 22.0. The zero-order valence-corrected chi connectivity index (χ0v) is 17.7. The number of aromatic nitrogens is 3. The maximum absolute atomic E-state index is 13.2. The van der Waals surface area contributed by atoms with E-state index in [0.29, 0.717) is 18.0 Å². The van der Waals surface area contributed by atoms with Crippen LogP contribution in [0.1, 0.15) is 35.4 Å². The van der Waals surface area contributed by atoms with Gasteiger partial charge in [-0.05, 0) is 48.9 Å². The van der Waals surface area contributed by atoms with Gasteiger partial charge in [0.1, 0.15) is 0 Å². The van der Waals surface area contributed by atoms with Crippen LogP contribution in [0.4, 0.5) is 13.2 Å². The van der Waals surface area contributed by atoms with E-state index in [9.17, 15) is 22.8 Å². The Hall–Kier alpha value is -3.21. The Balaban J connectivity index is 1.59. The molecular formula is C21H19F3N4O3S. The van der Waals surface area contributed by atoms with E-state index < -0.39 is 24.3 Å². The molecule has 0 aliphatic carbocycles. The zero-order valence-electron chi connectivity index (χ0n) is 16.8. The Labute approximate surface area is 185 Å². The van der Waals surface area contributed by atoms with Crippen molar-refractivity contribution in [1.29, 1.82) is 0 Å². The van der Waals surface area contributed by atoms with Crippen LogP contribution < -0.4 is 0 Å². The summed E-state index contributed by atoms with van der Waals surface area (Å²) in [4.78, 5) is 31.2. The van der Waals surface area contributed by atoms with Crippen molar-refractivity contribution in [2.45, 2.75) is 25.4 Å². The summed E-state index contributed by atoms with van der Waals surface area (Å²) in [6, 6.07) is 8.05. The van der Waals surface area contributed by atoms with Gasteiger partial charge in [-0.2, -0.15) is 18.2 Å². The molecule has 0 radical (unpaired) electrons. The number of benzene rings is 1. The molecule has 7 nitrogen and oxygen atoms in total. The molecule has 0 N–H and O–H groups in total. The van der Waals surface area contributed by atoms with Crippen molar-refractivity contribution in [2.24, 2.45) is 0 Å². The van der Waals surface area contributed by atoms with Gasteiger partial charge >= 0.3 is 12.1 Å². The highest BCUT2D eigenvalue weighted by atomic mass is 32.1. The van der Waals surface area contributed by atoms with Gasteiger partial charge in [0.25, 0.3) is 11.7 Å². The number of rotatable bonds is 5. The number of hydrogen-bond donors (Lipinski definition) is 0. The molecule has 1 saturated heterocycles. The standard InChI is InChI=1S/C21H19F3N4O3S/c22-21(23,24)14-6-4-7-15(12-14)28-19(16-8-5-11-32-16)25-18(26-28)20(30)31-13-17(29)27-9-2-1-3-10-27/h4-8,11-12H,1-3,9-10,13H2. The smallest absolute Gasteiger partial charge is 0.416 e. The summed E-state index contributed by atoms with van der Waals surface area (Å²) in [5.41, 5.74) is -0.752. The molecule has 1 aliphatic rings. The van der Waals surface area contributed by atoms with E-state index in [0.717, 1.165) is 31.4 Å². The number of piperidine rings is 1. The lowest BCUT2D eigenvalue weighted by Crippen LogP contribution is -2.38. The van der Waals surface area contributed by atoms with Crippen molar-refractivity contribution < 1.29 is 27.5 Å². The van der Waals surface area contributed by atoms with Crippen molar-refractivity contribution in [3.05, 3.63) is 53.2 Å². The van der Waals surface area contributed by atoms with E-state index in [1.165, 1.54) is 28.2 Å². The van der Waals surface area contributed by atoms with Crippen molar-refractivity contribution in [2.75, 3.05) is 19.7 Å². The minimum absolute atomic E-state index is 0.0965. The molecule has 3 aromatic rings. The number of alkyl halides is 3. The summed E-state index contributed by atoms with van der Waals surface area (Å²) in [7, 11) is 0. The number of amides is 1. The Kier molecular flexibility index (Phi) is 6.26. The number of carbonyl (C=O) groups is 2. The first-order valence-electron chi connectivity index (χ1n) is 9.96. The van der Waals surface area contributed by atoms with Crippen LogP contribution >= 0.6 is 11.3 Å². The summed E-state index contributed by atoms with van der Waals surface area (Å²) in [5, 5.41) is 5.87. The highest BCUT2D eigenvalue weighted by Crippen LogP contribution is 2.32. The number of esters is 1. The fourth-order valence-electron chi connectivity index (χ4n) is 3.38. The highest BCUT2D eigenvalue weighted by Gasteiger charge is 2.31. The average Bonchev–Trinajstić information content (AvgIpc) is 3.47. The normalized spacial score (nSPS) is 14.4. The molecule has 1 aromatic carbocycles. The molecule has 0 spiro atoms. The van der Waals surface area contributed by atoms with Gasteiger partial charge in [0, 0.05) is 13.1 Å². The molecular weight excluding hydrogens is 445 g/mol. The minimum atomic E-state index is -4.53. The molecule has 32 heavy (non-hydrogen) atoms. The molecule has 0 atom stereocenters. The van der Waals surface area contributed by atoms with Gasteiger partial charge in [-0.15, -0.1) is 16.4 Å². The van der Waals surface area contributed by atoms with Crippen LogP contribution in [-0.4, -0.2) is 51.2 Å². The van der Waals surface area contributed by atoms with Crippen LogP contribution in [0.3, 0.4) is 0 Å². The van der Waals surface area contributed by atoms with E-state index >= 15 is 0 Å². The lowest BCUT2D eigenvalue weighted by molar-refractivity contribution is -0.137. The number of likely N-dealkylation sites (tertiary alicyclic amines) is 1. The second-order valence-electron chi connectivity index (χ2n) is 7.21. The lowest BCUT2D eigenvalue weighted by atomic mass is 10.1. The number of carbonyl (C=O) groups excluding carboxylic acids is 2. The van der Waals surface area contributed by atoms with Gasteiger partial charge in [-0.3, -0.25) is 4.79 Å². The summed E-state index contributed by atoms with van der Waals surface area (Å²) in [5.74, 6) is -1.35. The van der Waals surface area contributed by atoms with Crippen LogP contribution in [-0.2, 0) is 15.7 Å². The molecule has 0 saturated carbocycles. The number of halogens is 3. The first-order valence-corrected chi connectivity index (χ1v) is 10.8. The highest BCUT2D eigenvalue weighted by molar-refractivity contribution is 7.13. The van der Waals surface area contributed by atoms with E-state index in [2.05, 4.69) is 10.1 Å². The summed E-state index contributed by atoms with van der Waals surface area (Å²) in [6.07, 6.45) is -1.65. The summed E-state index contributed by atoms with van der Waals surface area (Å²) in [6.45, 7) is 0.813. The Morgan fingerprint density at radius 1 is 1.09 bits per heavy atom. The predicted molar refractivity (Wildman–Crippen MR) is 110 cm³/mol. The van der Waals surface area contributed by atoms with E-state index in [4.69, 9.17) is 4.74 Å². The molecule has 1 fully saturated rings. The maximum atomic E-state index is 13.2. The van der Waals surface area contributed by atoms with Gasteiger partial charge in [-0.1, -0.05) is 12.1 Å². The number of hydrogen-bond acceptors (Lipinski definition) is 6. The topological polar surface area (TPSA) is 77.3 Å². The number of ether oxygens (including phenoxy) is 1. The Morgan fingerprint density at radius 3 is 2.56 bits per heavy atom. The Morgan fingerprint density at radius 2 is 1.88 bits per heavy atom. The van der Waals surface area contributed by atoms with Crippen LogP contribution in [0.15, 0.2) is 41.8 Å². The fraction of sp³-hybridized carbons (Fsp3) is 0.333. The molecule has 4 rings (SSSR count). The van der Waals surface area contributed by atoms with Crippen LogP contribution in [0.25, 0.3) is 16.4 Å². The predicted octanol–water partition coefficient (Wildman–Crippen LogP) is 4.18. The van der Waals surface area contributed by atoms with Crippen molar-refractivity contribution in [3.8, 4) is 16.4 Å². The first-order chi connectivity index (χ1) is 15.3. The molecule has 168 valence electrons. The molecule has 2 aromatic heterocycles. The van der Waals surface area contributed by atoms with Gasteiger partial charge in [0.2, 0.25) is 0 Å². The molecule has 0 bridgehead atoms. The quantitative estimate of drug-likeness (QED) is 0.530. The zero-order chi connectivity index (χ0) is 22.7. The minimum Gasteiger partial charge on any atom is -0.450 e. The fourth-order valence-corrected chi connectivity index (χ4v) is 4.08. The van der Waals surface area contributed by atoms with E-state index in [1.54, 1.807) is 22.4 Å². The Bertz CT molecular complexity index is 1110. The third kappa shape index (κ3) is 4.82. The number of nitrogens with zero attached hydrogens (tertiary/aromatic N) is 4. The largest absolute Gasteiger partial charge is 0.450 e. The van der Waals surface area contributed by atoms with Crippen LogP contribution in [0.5, 0.6) is 0 Å². The van der Waals surface area contributed by atoms with E-state index in [-0.39, 0.29) is 23.2 Å². The second kappa shape index (κ2) is 9.11. The second-order valence-corrected chi connectivity index (χ2v) is 8.16. The molecule has 3 heterocycles. The van der Waals surface area contributed by atoms with Gasteiger partial charge in [0.15, 0.2) is 12.4 Å². The lowest BCUT2D eigenvalue weighted by Gasteiger charge is -2.26. The third-order valence-corrected chi connectivity index (χ3v) is 5.85. The summed E-state index contributed by atoms with van der Waals surface area (Å²) >= 11 is 1.30. The molecule has 1 amide bonds.